The van der Waals surface area contributed by atoms with Crippen LogP contribution in [0.15, 0.2) is 18.5 Å². The molecule has 0 unspecified atom stereocenters. The van der Waals surface area contributed by atoms with Crippen LogP contribution in [0.5, 0.6) is 0 Å². The van der Waals surface area contributed by atoms with E-state index in [0.29, 0.717) is 17.3 Å². The molecule has 2 heterocycles. The third-order valence-electron chi connectivity index (χ3n) is 2.99. The molecule has 0 saturated heterocycles. The lowest BCUT2D eigenvalue weighted by Crippen LogP contribution is -2.36. The predicted molar refractivity (Wildman–Crippen MR) is 73.0 cm³/mol. The molecule has 0 bridgehead atoms. The van der Waals surface area contributed by atoms with E-state index in [0.717, 1.165) is 10.9 Å². The van der Waals surface area contributed by atoms with Gasteiger partial charge in [0.1, 0.15) is 5.15 Å². The normalized spacial score (nSPS) is 11.2. The lowest BCUT2D eigenvalue weighted by atomic mass is 10.1. The largest absolute Gasteiger partial charge is 0.360 e. The highest BCUT2D eigenvalue weighted by molar-refractivity contribution is 6.30. The van der Waals surface area contributed by atoms with E-state index in [4.69, 9.17) is 11.6 Å². The maximum absolute atomic E-state index is 12.4. The van der Waals surface area contributed by atoms with Crippen molar-refractivity contribution in [3.05, 3.63) is 29.2 Å². The zero-order valence-corrected chi connectivity index (χ0v) is 11.5. The molecule has 2 rings (SSSR count). The highest BCUT2D eigenvalue weighted by Crippen LogP contribution is 2.21. The molecular formula is C13H16ClN3O. The van der Waals surface area contributed by atoms with Crippen LogP contribution in [0.25, 0.3) is 10.9 Å². The topological polar surface area (TPSA) is 49.0 Å². The van der Waals surface area contributed by atoms with Crippen molar-refractivity contribution in [1.29, 1.82) is 0 Å². The number of aromatic nitrogens is 2. The highest BCUT2D eigenvalue weighted by atomic mass is 35.5. The summed E-state index contributed by atoms with van der Waals surface area (Å²) in [5.41, 5.74) is 1.47. The van der Waals surface area contributed by atoms with Gasteiger partial charge in [-0.25, -0.2) is 4.98 Å². The molecule has 0 aromatic carbocycles. The number of pyridine rings is 1. The minimum absolute atomic E-state index is 0.0165. The van der Waals surface area contributed by atoms with Gasteiger partial charge in [-0.3, -0.25) is 4.79 Å². The van der Waals surface area contributed by atoms with Crippen LogP contribution in [0.2, 0.25) is 5.15 Å². The van der Waals surface area contributed by atoms with E-state index >= 15 is 0 Å². The van der Waals surface area contributed by atoms with Gasteiger partial charge < -0.3 is 9.88 Å². The SMILES string of the molecule is CCN(C(=O)c1c[nH]c2cc(Cl)ncc12)C(C)C. The molecule has 0 saturated carbocycles. The van der Waals surface area contributed by atoms with Gasteiger partial charge in [0.05, 0.1) is 11.1 Å². The summed E-state index contributed by atoms with van der Waals surface area (Å²) in [6.07, 6.45) is 3.35. The smallest absolute Gasteiger partial charge is 0.256 e. The van der Waals surface area contributed by atoms with Gasteiger partial charge in [-0.1, -0.05) is 11.6 Å². The Bertz CT molecular complexity index is 577. The monoisotopic (exact) mass is 265 g/mol. The number of hydrogen-bond donors (Lipinski definition) is 1. The molecule has 2 aromatic heterocycles. The van der Waals surface area contributed by atoms with E-state index in [1.165, 1.54) is 0 Å². The second-order valence-corrected chi connectivity index (χ2v) is 4.83. The van der Waals surface area contributed by atoms with Crippen molar-refractivity contribution in [3.8, 4) is 0 Å². The molecule has 0 aliphatic rings. The maximum Gasteiger partial charge on any atom is 0.256 e. The molecule has 96 valence electrons. The fourth-order valence-corrected chi connectivity index (χ4v) is 2.22. The Morgan fingerprint density at radius 2 is 2.28 bits per heavy atom. The van der Waals surface area contributed by atoms with Crippen LogP contribution in [-0.4, -0.2) is 33.4 Å². The Labute approximate surface area is 111 Å². The Balaban J connectivity index is 2.45. The summed E-state index contributed by atoms with van der Waals surface area (Å²) in [4.78, 5) is 21.3. The third kappa shape index (κ3) is 2.20. The maximum atomic E-state index is 12.4. The van der Waals surface area contributed by atoms with Crippen molar-refractivity contribution in [1.82, 2.24) is 14.9 Å². The van der Waals surface area contributed by atoms with Gasteiger partial charge in [-0.15, -0.1) is 0 Å². The minimum Gasteiger partial charge on any atom is -0.360 e. The molecular weight excluding hydrogens is 250 g/mol. The van der Waals surface area contributed by atoms with E-state index in [1.54, 1.807) is 18.5 Å². The molecule has 0 fully saturated rings. The summed E-state index contributed by atoms with van der Waals surface area (Å²) in [5, 5.41) is 1.23. The van der Waals surface area contributed by atoms with Crippen molar-refractivity contribution in [2.75, 3.05) is 6.54 Å². The zero-order valence-electron chi connectivity index (χ0n) is 10.7. The second-order valence-electron chi connectivity index (χ2n) is 4.44. The van der Waals surface area contributed by atoms with Gasteiger partial charge >= 0.3 is 0 Å². The summed E-state index contributed by atoms with van der Waals surface area (Å²) in [5.74, 6) is 0.0165. The number of nitrogens with one attached hydrogen (secondary N) is 1. The molecule has 0 aliphatic carbocycles. The molecule has 18 heavy (non-hydrogen) atoms. The first kappa shape index (κ1) is 12.9. The Morgan fingerprint density at radius 3 is 2.89 bits per heavy atom. The average molecular weight is 266 g/mol. The lowest BCUT2D eigenvalue weighted by molar-refractivity contribution is 0.0719. The molecule has 0 radical (unpaired) electrons. The first-order valence-electron chi connectivity index (χ1n) is 5.98. The number of halogens is 1. The molecule has 0 aliphatic heterocycles. The second kappa shape index (κ2) is 4.98. The fraction of sp³-hybridized carbons (Fsp3) is 0.385. The predicted octanol–water partition coefficient (Wildman–Crippen LogP) is 3.09. The minimum atomic E-state index is 0.0165. The number of amides is 1. The average Bonchev–Trinajstić information content (AvgIpc) is 2.71. The van der Waals surface area contributed by atoms with Crippen LogP contribution >= 0.6 is 11.6 Å². The third-order valence-corrected chi connectivity index (χ3v) is 3.19. The quantitative estimate of drug-likeness (QED) is 0.867. The number of carbonyl (C=O) groups is 1. The van der Waals surface area contributed by atoms with Crippen LogP contribution in [0.3, 0.4) is 0 Å². The number of nitrogens with zero attached hydrogens (tertiary/aromatic N) is 2. The Hall–Kier alpha value is -1.55. The van der Waals surface area contributed by atoms with Gasteiger partial charge in [0.2, 0.25) is 0 Å². The fourth-order valence-electron chi connectivity index (χ4n) is 2.07. The van der Waals surface area contributed by atoms with Gasteiger partial charge in [-0.2, -0.15) is 0 Å². The van der Waals surface area contributed by atoms with Crippen LogP contribution in [-0.2, 0) is 0 Å². The molecule has 2 aromatic rings. The molecule has 0 atom stereocenters. The zero-order chi connectivity index (χ0) is 13.3. The Morgan fingerprint density at radius 1 is 1.56 bits per heavy atom. The van der Waals surface area contributed by atoms with Crippen molar-refractivity contribution < 1.29 is 4.79 Å². The standard InChI is InChI=1S/C13H16ClN3O/c1-4-17(8(2)3)13(18)10-7-15-11-5-12(14)16-6-9(10)11/h5-8,15H,4H2,1-3H3. The van der Waals surface area contributed by atoms with Crippen LogP contribution in [0.4, 0.5) is 0 Å². The van der Waals surface area contributed by atoms with Crippen molar-refractivity contribution in [2.45, 2.75) is 26.8 Å². The molecule has 1 amide bonds. The summed E-state index contributed by atoms with van der Waals surface area (Å²) in [6.45, 7) is 6.67. The van der Waals surface area contributed by atoms with Crippen molar-refractivity contribution in [3.63, 3.8) is 0 Å². The molecule has 5 heteroatoms. The van der Waals surface area contributed by atoms with Gasteiger partial charge in [0, 0.05) is 30.4 Å². The van der Waals surface area contributed by atoms with Gasteiger partial charge in [-0.05, 0) is 26.8 Å². The molecule has 1 N–H and O–H groups in total. The van der Waals surface area contributed by atoms with Gasteiger partial charge in [0.15, 0.2) is 0 Å². The first-order valence-corrected chi connectivity index (χ1v) is 6.36. The summed E-state index contributed by atoms with van der Waals surface area (Å²) >= 11 is 5.82. The molecule has 0 spiro atoms. The summed E-state index contributed by atoms with van der Waals surface area (Å²) in [7, 11) is 0. The van der Waals surface area contributed by atoms with Crippen LogP contribution < -0.4 is 0 Å². The van der Waals surface area contributed by atoms with Crippen molar-refractivity contribution >= 4 is 28.4 Å². The number of hydrogen-bond acceptors (Lipinski definition) is 2. The number of fused-ring (bicyclic) bond motifs is 1. The Kier molecular flexibility index (Phi) is 3.57. The lowest BCUT2D eigenvalue weighted by Gasteiger charge is -2.24. The number of H-pyrrole nitrogens is 1. The first-order chi connectivity index (χ1) is 8.54. The van der Waals surface area contributed by atoms with E-state index in [-0.39, 0.29) is 11.9 Å². The molecule has 4 nitrogen and oxygen atoms in total. The van der Waals surface area contributed by atoms with E-state index in [1.807, 2.05) is 25.7 Å². The van der Waals surface area contributed by atoms with E-state index in [9.17, 15) is 4.79 Å². The highest BCUT2D eigenvalue weighted by Gasteiger charge is 2.20. The van der Waals surface area contributed by atoms with E-state index in [2.05, 4.69) is 9.97 Å². The van der Waals surface area contributed by atoms with Crippen LogP contribution in [0.1, 0.15) is 31.1 Å². The number of rotatable bonds is 3. The number of aromatic amines is 1. The van der Waals surface area contributed by atoms with Gasteiger partial charge in [0.25, 0.3) is 5.91 Å². The number of carbonyl (C=O) groups excluding carboxylic acids is 1. The summed E-state index contributed by atoms with van der Waals surface area (Å²) < 4.78 is 0. The van der Waals surface area contributed by atoms with Crippen LogP contribution in [0, 0.1) is 0 Å². The van der Waals surface area contributed by atoms with E-state index < -0.39 is 0 Å². The summed E-state index contributed by atoms with van der Waals surface area (Å²) in [6, 6.07) is 1.90. The van der Waals surface area contributed by atoms with Crippen molar-refractivity contribution in [2.24, 2.45) is 0 Å².